The van der Waals surface area contributed by atoms with Gasteiger partial charge in [-0.15, -0.1) is 10.2 Å². The van der Waals surface area contributed by atoms with Crippen LogP contribution >= 0.6 is 22.9 Å². The molecule has 5 nitrogen and oxygen atoms in total. The Balaban J connectivity index is 1.69. The fourth-order valence-corrected chi connectivity index (χ4v) is 3.53. The third kappa shape index (κ3) is 5.05. The van der Waals surface area contributed by atoms with Gasteiger partial charge in [0.05, 0.1) is 0 Å². The number of aromatic nitrogens is 2. The molecule has 3 rings (SSSR count). The van der Waals surface area contributed by atoms with Crippen LogP contribution in [0.3, 0.4) is 0 Å². The van der Waals surface area contributed by atoms with Crippen molar-refractivity contribution in [3.05, 3.63) is 58.6 Å². The quantitative estimate of drug-likeness (QED) is 0.611. The highest BCUT2D eigenvalue weighted by atomic mass is 35.5. The number of nitrogens with one attached hydrogen (secondary N) is 1. The third-order valence-electron chi connectivity index (χ3n) is 3.88. The van der Waals surface area contributed by atoms with E-state index in [9.17, 15) is 4.79 Å². The Morgan fingerprint density at radius 2 is 1.81 bits per heavy atom. The highest BCUT2D eigenvalue weighted by Crippen LogP contribution is 2.27. The first-order valence-electron chi connectivity index (χ1n) is 8.60. The molecule has 7 heteroatoms. The standard InChI is InChI=1S/C20H20ClN3O2S/c1-4-17(26-16-10-12(2)9-13(3)11-16)18(25)22-20-24-23-19(27-20)14-5-7-15(21)8-6-14/h5-11,17H,4H2,1-3H3,(H,22,24,25). The van der Waals surface area contributed by atoms with E-state index < -0.39 is 6.10 Å². The Hall–Kier alpha value is -2.44. The smallest absolute Gasteiger partial charge is 0.267 e. The minimum absolute atomic E-state index is 0.240. The van der Waals surface area contributed by atoms with Gasteiger partial charge in [-0.2, -0.15) is 0 Å². The van der Waals surface area contributed by atoms with Crippen LogP contribution in [-0.2, 0) is 4.79 Å². The maximum absolute atomic E-state index is 12.6. The molecule has 0 aliphatic rings. The number of benzene rings is 2. The first-order chi connectivity index (χ1) is 12.9. The molecule has 27 heavy (non-hydrogen) atoms. The van der Waals surface area contributed by atoms with E-state index in [2.05, 4.69) is 21.6 Å². The van der Waals surface area contributed by atoms with E-state index in [0.717, 1.165) is 16.7 Å². The predicted octanol–water partition coefficient (Wildman–Crippen LogP) is 5.27. The molecule has 0 radical (unpaired) electrons. The van der Waals surface area contributed by atoms with E-state index in [1.54, 1.807) is 12.1 Å². The average molecular weight is 402 g/mol. The number of carbonyl (C=O) groups excluding carboxylic acids is 1. The summed E-state index contributed by atoms with van der Waals surface area (Å²) in [6.45, 7) is 5.91. The highest BCUT2D eigenvalue weighted by molar-refractivity contribution is 7.18. The number of rotatable bonds is 6. The van der Waals surface area contributed by atoms with Crippen LogP contribution in [-0.4, -0.2) is 22.2 Å². The molecule has 140 valence electrons. The van der Waals surface area contributed by atoms with E-state index in [1.165, 1.54) is 11.3 Å². The van der Waals surface area contributed by atoms with Gasteiger partial charge in [0, 0.05) is 10.6 Å². The topological polar surface area (TPSA) is 64.1 Å². The fraction of sp³-hybridized carbons (Fsp3) is 0.250. The van der Waals surface area contributed by atoms with Crippen LogP contribution in [0.25, 0.3) is 10.6 Å². The van der Waals surface area contributed by atoms with Gasteiger partial charge in [-0.25, -0.2) is 0 Å². The molecule has 1 unspecified atom stereocenters. The average Bonchev–Trinajstić information content (AvgIpc) is 3.07. The number of aryl methyl sites for hydroxylation is 2. The summed E-state index contributed by atoms with van der Waals surface area (Å²) in [5, 5.41) is 12.8. The molecule has 0 spiro atoms. The Morgan fingerprint density at radius 1 is 1.15 bits per heavy atom. The lowest BCUT2D eigenvalue weighted by molar-refractivity contribution is -0.122. The van der Waals surface area contributed by atoms with Gasteiger partial charge in [0.25, 0.3) is 5.91 Å². The number of halogens is 1. The van der Waals surface area contributed by atoms with Gasteiger partial charge in [-0.05, 0) is 55.7 Å². The molecule has 2 aromatic carbocycles. The Morgan fingerprint density at radius 3 is 2.44 bits per heavy atom. The molecule has 0 fully saturated rings. The maximum atomic E-state index is 12.6. The fourth-order valence-electron chi connectivity index (χ4n) is 2.66. The molecular weight excluding hydrogens is 382 g/mol. The lowest BCUT2D eigenvalue weighted by Gasteiger charge is -2.17. The van der Waals surface area contributed by atoms with Gasteiger partial charge in [0.1, 0.15) is 10.8 Å². The van der Waals surface area contributed by atoms with Crippen molar-refractivity contribution in [2.75, 3.05) is 5.32 Å². The maximum Gasteiger partial charge on any atom is 0.267 e. The molecule has 0 bridgehead atoms. The van der Waals surface area contributed by atoms with Gasteiger partial charge in [0.15, 0.2) is 6.10 Å². The number of anilines is 1. The molecule has 0 saturated carbocycles. The van der Waals surface area contributed by atoms with Crippen molar-refractivity contribution in [3.63, 3.8) is 0 Å². The zero-order chi connectivity index (χ0) is 19.4. The molecule has 3 aromatic rings. The third-order valence-corrected chi connectivity index (χ3v) is 5.02. The van der Waals surface area contributed by atoms with Crippen LogP contribution in [0.4, 0.5) is 5.13 Å². The van der Waals surface area contributed by atoms with E-state index in [0.29, 0.717) is 27.3 Å². The molecule has 0 aliphatic heterocycles. The Bertz CT molecular complexity index is 920. The minimum Gasteiger partial charge on any atom is -0.481 e. The summed E-state index contributed by atoms with van der Waals surface area (Å²) in [5.41, 5.74) is 3.09. The second-order valence-corrected chi connectivity index (χ2v) is 7.66. The van der Waals surface area contributed by atoms with Crippen LogP contribution in [0.15, 0.2) is 42.5 Å². The lowest BCUT2D eigenvalue weighted by Crippen LogP contribution is -2.32. The van der Waals surface area contributed by atoms with E-state index in [4.69, 9.17) is 16.3 Å². The van der Waals surface area contributed by atoms with Gasteiger partial charge in [-0.3, -0.25) is 10.1 Å². The van der Waals surface area contributed by atoms with Crippen LogP contribution in [0.5, 0.6) is 5.75 Å². The van der Waals surface area contributed by atoms with Crippen molar-refractivity contribution in [1.82, 2.24) is 10.2 Å². The van der Waals surface area contributed by atoms with Crippen LogP contribution < -0.4 is 10.1 Å². The van der Waals surface area contributed by atoms with Gasteiger partial charge in [-0.1, -0.05) is 48.1 Å². The molecular formula is C20H20ClN3O2S. The van der Waals surface area contributed by atoms with E-state index in [-0.39, 0.29) is 5.91 Å². The van der Waals surface area contributed by atoms with Crippen molar-refractivity contribution in [1.29, 1.82) is 0 Å². The summed E-state index contributed by atoms with van der Waals surface area (Å²) in [4.78, 5) is 12.6. The number of amides is 1. The van der Waals surface area contributed by atoms with Crippen molar-refractivity contribution in [3.8, 4) is 16.3 Å². The highest BCUT2D eigenvalue weighted by Gasteiger charge is 2.20. The first kappa shape index (κ1) is 19.3. The molecule has 1 amide bonds. The second kappa shape index (κ2) is 8.50. The number of nitrogens with zero attached hydrogens (tertiary/aromatic N) is 2. The minimum atomic E-state index is -0.603. The number of ether oxygens (including phenoxy) is 1. The van der Waals surface area contributed by atoms with Crippen molar-refractivity contribution >= 4 is 34.0 Å². The zero-order valence-electron chi connectivity index (χ0n) is 15.3. The molecule has 1 N–H and O–H groups in total. The summed E-state index contributed by atoms with van der Waals surface area (Å²) in [7, 11) is 0. The van der Waals surface area contributed by atoms with Crippen molar-refractivity contribution in [2.45, 2.75) is 33.3 Å². The van der Waals surface area contributed by atoms with Gasteiger partial charge in [0.2, 0.25) is 5.13 Å². The SMILES string of the molecule is CCC(Oc1cc(C)cc(C)c1)C(=O)Nc1nnc(-c2ccc(Cl)cc2)s1. The molecule has 1 heterocycles. The predicted molar refractivity (Wildman–Crippen MR) is 110 cm³/mol. The molecule has 1 atom stereocenters. The van der Waals surface area contributed by atoms with Crippen molar-refractivity contribution in [2.24, 2.45) is 0 Å². The van der Waals surface area contributed by atoms with E-state index in [1.807, 2.05) is 45.0 Å². The normalized spacial score (nSPS) is 11.9. The molecule has 1 aromatic heterocycles. The zero-order valence-corrected chi connectivity index (χ0v) is 16.9. The monoisotopic (exact) mass is 401 g/mol. The largest absolute Gasteiger partial charge is 0.481 e. The summed E-state index contributed by atoms with van der Waals surface area (Å²) in [5.74, 6) is 0.448. The van der Waals surface area contributed by atoms with E-state index >= 15 is 0 Å². The van der Waals surface area contributed by atoms with Gasteiger partial charge >= 0.3 is 0 Å². The number of carbonyl (C=O) groups is 1. The lowest BCUT2D eigenvalue weighted by atomic mass is 10.1. The first-order valence-corrected chi connectivity index (χ1v) is 9.79. The van der Waals surface area contributed by atoms with Crippen LogP contribution in [0, 0.1) is 13.8 Å². The Labute approximate surface area is 167 Å². The molecule has 0 aliphatic carbocycles. The number of hydrogen-bond donors (Lipinski definition) is 1. The molecule has 0 saturated heterocycles. The van der Waals surface area contributed by atoms with Crippen LogP contribution in [0.1, 0.15) is 24.5 Å². The van der Waals surface area contributed by atoms with Crippen molar-refractivity contribution < 1.29 is 9.53 Å². The summed E-state index contributed by atoms with van der Waals surface area (Å²) in [6.07, 6.45) is -0.0594. The second-order valence-electron chi connectivity index (χ2n) is 6.25. The summed E-state index contributed by atoms with van der Waals surface area (Å²) < 4.78 is 5.89. The summed E-state index contributed by atoms with van der Waals surface area (Å²) in [6, 6.07) is 13.2. The summed E-state index contributed by atoms with van der Waals surface area (Å²) >= 11 is 7.21. The van der Waals surface area contributed by atoms with Gasteiger partial charge < -0.3 is 4.74 Å². The van der Waals surface area contributed by atoms with Crippen LogP contribution in [0.2, 0.25) is 5.02 Å². The Kier molecular flexibility index (Phi) is 6.08. The number of hydrogen-bond acceptors (Lipinski definition) is 5.